The highest BCUT2D eigenvalue weighted by Crippen LogP contribution is 2.52. The third-order valence-corrected chi connectivity index (χ3v) is 8.96. The summed E-state index contributed by atoms with van der Waals surface area (Å²) >= 11 is 0. The highest BCUT2D eigenvalue weighted by molar-refractivity contribution is 7.89. The molecule has 1 heterocycles. The van der Waals surface area contributed by atoms with E-state index < -0.39 is 15.6 Å². The van der Waals surface area contributed by atoms with Crippen molar-refractivity contribution in [1.82, 2.24) is 4.72 Å². The number of sulfonamides is 1. The van der Waals surface area contributed by atoms with Gasteiger partial charge in [-0.3, -0.25) is 0 Å². The minimum atomic E-state index is -3.61. The topological polar surface area (TPSA) is 58.2 Å². The van der Waals surface area contributed by atoms with Gasteiger partial charge in [0, 0.05) is 17.1 Å². The molecule has 35 heavy (non-hydrogen) atoms. The van der Waals surface area contributed by atoms with Crippen LogP contribution in [0.5, 0.6) is 0 Å². The van der Waals surface area contributed by atoms with Gasteiger partial charge in [0.1, 0.15) is 0 Å². The number of nitrogens with one attached hydrogen (secondary N) is 2. The molecule has 6 rings (SSSR count). The predicted molar refractivity (Wildman–Crippen MR) is 144 cm³/mol. The van der Waals surface area contributed by atoms with E-state index in [9.17, 15) is 8.42 Å². The normalized spacial score (nSPS) is 21.6. The molecule has 0 spiro atoms. The summed E-state index contributed by atoms with van der Waals surface area (Å²) < 4.78 is 28.9. The molecule has 0 saturated carbocycles. The number of hydrogen-bond acceptors (Lipinski definition) is 3. The molecule has 3 atom stereocenters. The SMILES string of the molecule is CC(C)(C)NS(=O)(=O)c1ccc2c(c1)C1C=CCC1C(c1c3ccccc3cc3ccccc13)N2. The second-order valence-electron chi connectivity index (χ2n) is 10.8. The van der Waals surface area contributed by atoms with Crippen molar-refractivity contribution in [3.8, 4) is 0 Å². The minimum Gasteiger partial charge on any atom is -0.378 e. The largest absolute Gasteiger partial charge is 0.378 e. The van der Waals surface area contributed by atoms with E-state index in [1.807, 2.05) is 32.9 Å². The molecule has 1 aliphatic heterocycles. The zero-order chi connectivity index (χ0) is 24.4. The van der Waals surface area contributed by atoms with E-state index >= 15 is 0 Å². The molecule has 2 N–H and O–H groups in total. The van der Waals surface area contributed by atoms with Crippen LogP contribution >= 0.6 is 0 Å². The molecule has 0 bridgehead atoms. The molecular weight excluding hydrogens is 452 g/mol. The number of allylic oxidation sites excluding steroid dienone is 2. The Balaban J connectivity index is 1.50. The Hall–Kier alpha value is -3.15. The van der Waals surface area contributed by atoms with Crippen molar-refractivity contribution >= 4 is 37.3 Å². The molecule has 4 aromatic carbocycles. The van der Waals surface area contributed by atoms with Crippen LogP contribution in [0.3, 0.4) is 0 Å². The zero-order valence-electron chi connectivity index (χ0n) is 20.2. The van der Waals surface area contributed by atoms with Crippen molar-refractivity contribution in [3.05, 3.63) is 96.1 Å². The number of anilines is 1. The highest BCUT2D eigenvalue weighted by atomic mass is 32.2. The van der Waals surface area contributed by atoms with Gasteiger partial charge in [0.25, 0.3) is 0 Å². The lowest BCUT2D eigenvalue weighted by Crippen LogP contribution is -2.40. The monoisotopic (exact) mass is 482 g/mol. The summed E-state index contributed by atoms with van der Waals surface area (Å²) in [5.74, 6) is 0.476. The van der Waals surface area contributed by atoms with Crippen LogP contribution in [0.2, 0.25) is 0 Å². The summed E-state index contributed by atoms with van der Waals surface area (Å²) in [7, 11) is -3.61. The van der Waals surface area contributed by atoms with Crippen LogP contribution in [-0.2, 0) is 10.0 Å². The minimum absolute atomic E-state index is 0.119. The van der Waals surface area contributed by atoms with Crippen molar-refractivity contribution in [2.24, 2.45) is 5.92 Å². The molecule has 0 amide bonds. The zero-order valence-corrected chi connectivity index (χ0v) is 21.1. The van der Waals surface area contributed by atoms with Gasteiger partial charge in [0.15, 0.2) is 0 Å². The van der Waals surface area contributed by atoms with Crippen molar-refractivity contribution in [1.29, 1.82) is 0 Å². The smallest absolute Gasteiger partial charge is 0.241 e. The van der Waals surface area contributed by atoms with Gasteiger partial charge in [-0.25, -0.2) is 13.1 Å². The number of benzene rings is 4. The van der Waals surface area contributed by atoms with Crippen LogP contribution in [0.15, 0.2) is 89.8 Å². The van der Waals surface area contributed by atoms with Crippen molar-refractivity contribution in [2.45, 2.75) is 49.6 Å². The van der Waals surface area contributed by atoms with Gasteiger partial charge < -0.3 is 5.32 Å². The summed E-state index contributed by atoms with van der Waals surface area (Å²) in [5, 5.41) is 8.86. The molecule has 178 valence electrons. The molecule has 0 fully saturated rings. The van der Waals surface area contributed by atoms with Gasteiger partial charge in [0.05, 0.1) is 10.9 Å². The summed E-state index contributed by atoms with van der Waals surface area (Å²) in [6, 6.07) is 25.1. The molecule has 1 aliphatic carbocycles. The third kappa shape index (κ3) is 3.83. The van der Waals surface area contributed by atoms with Crippen molar-refractivity contribution in [3.63, 3.8) is 0 Å². The van der Waals surface area contributed by atoms with Crippen LogP contribution in [0.1, 0.15) is 50.3 Å². The lowest BCUT2D eigenvalue weighted by atomic mass is 9.75. The third-order valence-electron chi connectivity index (χ3n) is 7.21. The van der Waals surface area contributed by atoms with Crippen molar-refractivity contribution < 1.29 is 8.42 Å². The Morgan fingerprint density at radius 3 is 2.20 bits per heavy atom. The fraction of sp³-hybridized carbons (Fsp3) is 0.267. The molecule has 5 heteroatoms. The molecule has 0 radical (unpaired) electrons. The summed E-state index contributed by atoms with van der Waals surface area (Å²) in [4.78, 5) is 0.320. The van der Waals surface area contributed by atoms with Crippen LogP contribution in [0.4, 0.5) is 5.69 Å². The van der Waals surface area contributed by atoms with E-state index in [0.29, 0.717) is 10.8 Å². The van der Waals surface area contributed by atoms with Gasteiger partial charge in [-0.05, 0) is 90.0 Å². The first-order chi connectivity index (χ1) is 16.7. The van der Waals surface area contributed by atoms with Crippen molar-refractivity contribution in [2.75, 3.05) is 5.32 Å². The Bertz CT molecular complexity index is 1540. The first kappa shape index (κ1) is 22.3. The van der Waals surface area contributed by atoms with Gasteiger partial charge in [0.2, 0.25) is 10.0 Å². The lowest BCUT2D eigenvalue weighted by molar-refractivity contribution is 0.428. The fourth-order valence-electron chi connectivity index (χ4n) is 5.87. The van der Waals surface area contributed by atoms with Gasteiger partial charge in [-0.1, -0.05) is 60.7 Å². The van der Waals surface area contributed by atoms with Gasteiger partial charge >= 0.3 is 0 Å². The molecule has 4 aromatic rings. The highest BCUT2D eigenvalue weighted by Gasteiger charge is 2.39. The Morgan fingerprint density at radius 2 is 1.54 bits per heavy atom. The predicted octanol–water partition coefficient (Wildman–Crippen LogP) is 6.90. The lowest BCUT2D eigenvalue weighted by Gasteiger charge is -2.38. The molecular formula is C30H30N2O2S. The van der Waals surface area contributed by atoms with Crippen LogP contribution in [0.25, 0.3) is 21.5 Å². The maximum Gasteiger partial charge on any atom is 0.241 e. The fourth-order valence-corrected chi connectivity index (χ4v) is 7.32. The average molecular weight is 483 g/mol. The quantitative estimate of drug-likeness (QED) is 0.247. The molecule has 0 aromatic heterocycles. The van der Waals surface area contributed by atoms with Gasteiger partial charge in [-0.15, -0.1) is 0 Å². The maximum absolute atomic E-state index is 13.1. The van der Waals surface area contributed by atoms with Crippen LogP contribution in [0, 0.1) is 5.92 Å². The van der Waals surface area contributed by atoms with E-state index in [1.165, 1.54) is 27.1 Å². The van der Waals surface area contributed by atoms with E-state index in [2.05, 4.69) is 76.8 Å². The first-order valence-corrected chi connectivity index (χ1v) is 13.7. The molecule has 3 unspecified atom stereocenters. The van der Waals surface area contributed by atoms with E-state index in [0.717, 1.165) is 17.7 Å². The molecule has 2 aliphatic rings. The second kappa shape index (κ2) is 7.94. The number of hydrogen-bond donors (Lipinski definition) is 2. The number of rotatable bonds is 3. The Kier molecular flexibility index (Phi) is 5.06. The molecule has 4 nitrogen and oxygen atoms in total. The first-order valence-electron chi connectivity index (χ1n) is 12.2. The van der Waals surface area contributed by atoms with E-state index in [-0.39, 0.29) is 12.0 Å². The maximum atomic E-state index is 13.1. The standard InChI is InChI=1S/C30H30N2O2S/c1-30(2,3)32-35(33,34)21-15-16-27-26(18-21)24-13-8-14-25(24)29(31-27)28-22-11-6-4-9-19(22)17-20-10-5-7-12-23(20)28/h4-13,15-18,24-25,29,31-32H,14H2,1-3H3. The second-order valence-corrected chi connectivity index (χ2v) is 12.5. The van der Waals surface area contributed by atoms with E-state index in [4.69, 9.17) is 0 Å². The summed E-state index contributed by atoms with van der Waals surface area (Å²) in [6.07, 6.45) is 5.47. The summed E-state index contributed by atoms with van der Waals surface area (Å²) in [6.45, 7) is 5.58. The van der Waals surface area contributed by atoms with Crippen LogP contribution < -0.4 is 10.0 Å². The number of fused-ring (bicyclic) bond motifs is 5. The molecule has 0 saturated heterocycles. The average Bonchev–Trinajstić information content (AvgIpc) is 3.31. The Morgan fingerprint density at radius 1 is 0.886 bits per heavy atom. The van der Waals surface area contributed by atoms with E-state index in [1.54, 1.807) is 6.07 Å². The Labute approximate surface area is 207 Å². The summed E-state index contributed by atoms with van der Waals surface area (Å²) in [5.41, 5.74) is 2.86. The van der Waals surface area contributed by atoms with Crippen LogP contribution in [-0.4, -0.2) is 14.0 Å². The van der Waals surface area contributed by atoms with Gasteiger partial charge in [-0.2, -0.15) is 0 Å².